The zero-order valence-electron chi connectivity index (χ0n) is 10.9. The van der Waals surface area contributed by atoms with Gasteiger partial charge >= 0.3 is 10.3 Å². The highest BCUT2D eigenvalue weighted by atomic mass is 32.2. The van der Waals surface area contributed by atoms with Gasteiger partial charge in [0.15, 0.2) is 0 Å². The predicted octanol–water partition coefficient (Wildman–Crippen LogP) is 2.46. The molecule has 0 unspecified atom stereocenters. The fourth-order valence-corrected chi connectivity index (χ4v) is 3.01. The van der Waals surface area contributed by atoms with E-state index < -0.39 is 16.1 Å². The van der Waals surface area contributed by atoms with E-state index in [2.05, 4.69) is 11.2 Å². The molecule has 0 aliphatic heterocycles. The summed E-state index contributed by atoms with van der Waals surface area (Å²) in [5, 5.41) is 4.63. The van der Waals surface area contributed by atoms with Gasteiger partial charge in [-0.3, -0.25) is 0 Å². The van der Waals surface area contributed by atoms with Gasteiger partial charge in [0.25, 0.3) is 0 Å². The van der Waals surface area contributed by atoms with Gasteiger partial charge < -0.3 is 4.18 Å². The van der Waals surface area contributed by atoms with E-state index in [1.165, 1.54) is 18.2 Å². The first-order valence-electron chi connectivity index (χ1n) is 6.03. The van der Waals surface area contributed by atoms with Crippen molar-refractivity contribution in [2.45, 2.75) is 6.92 Å². The van der Waals surface area contributed by atoms with Crippen LogP contribution >= 0.6 is 0 Å². The molecule has 5 nitrogen and oxygen atoms in total. The summed E-state index contributed by atoms with van der Waals surface area (Å²) >= 11 is 0. The van der Waals surface area contributed by atoms with Gasteiger partial charge in [-0.25, -0.2) is 4.39 Å². The second-order valence-corrected chi connectivity index (χ2v) is 5.74. The Morgan fingerprint density at radius 3 is 2.90 bits per heavy atom. The molecule has 1 heterocycles. The van der Waals surface area contributed by atoms with Crippen LogP contribution in [0.5, 0.6) is 5.75 Å². The van der Waals surface area contributed by atoms with Crippen LogP contribution in [0, 0.1) is 18.8 Å². The molecule has 3 rings (SSSR count). The fourth-order valence-electron chi connectivity index (χ4n) is 1.97. The summed E-state index contributed by atoms with van der Waals surface area (Å²) in [6.45, 7) is 1.68. The van der Waals surface area contributed by atoms with Gasteiger partial charge in [-0.2, -0.15) is 13.5 Å². The second kappa shape index (κ2) is 4.85. The number of nitrogens with zero attached hydrogens (tertiary/aromatic N) is 2. The molecule has 0 bridgehead atoms. The Morgan fingerprint density at radius 2 is 2.14 bits per heavy atom. The molecule has 7 heteroatoms. The van der Waals surface area contributed by atoms with Crippen LogP contribution in [-0.2, 0) is 10.3 Å². The standard InChI is InChI=1S/C14H10FN2O3S/c1-10-13-7-2-3-8-14(13)17(16-10)21(18,19)20-12-6-4-5-11(15)9-12/h3-9H,1H3. The molecule has 0 fully saturated rings. The number of aryl methyl sites for hydroxylation is 1. The molecular formula is C14H10FN2O3S. The van der Waals surface area contributed by atoms with Crippen LogP contribution in [0.1, 0.15) is 5.69 Å². The van der Waals surface area contributed by atoms with Gasteiger partial charge in [0.05, 0.1) is 11.2 Å². The molecule has 0 atom stereocenters. The monoisotopic (exact) mass is 305 g/mol. The minimum Gasteiger partial charge on any atom is -0.365 e. The van der Waals surface area contributed by atoms with Crippen LogP contribution in [-0.4, -0.2) is 17.6 Å². The predicted molar refractivity (Wildman–Crippen MR) is 74.7 cm³/mol. The van der Waals surface area contributed by atoms with Crippen LogP contribution < -0.4 is 4.18 Å². The van der Waals surface area contributed by atoms with Crippen molar-refractivity contribution in [1.82, 2.24) is 9.19 Å². The van der Waals surface area contributed by atoms with Gasteiger partial charge in [0.2, 0.25) is 0 Å². The van der Waals surface area contributed by atoms with Crippen molar-refractivity contribution in [1.29, 1.82) is 0 Å². The minimum atomic E-state index is -4.21. The van der Waals surface area contributed by atoms with E-state index in [-0.39, 0.29) is 5.75 Å². The van der Waals surface area contributed by atoms with Crippen LogP contribution in [0.15, 0.2) is 42.5 Å². The Kier molecular flexibility index (Phi) is 3.13. The summed E-state index contributed by atoms with van der Waals surface area (Å²) in [4.78, 5) is 0. The topological polar surface area (TPSA) is 61.2 Å². The Labute approximate surface area is 120 Å². The number of benzene rings is 2. The van der Waals surface area contributed by atoms with Crippen molar-refractivity contribution in [3.8, 4) is 5.75 Å². The maximum Gasteiger partial charge on any atom is 0.429 e. The molecule has 0 saturated carbocycles. The minimum absolute atomic E-state index is 0.112. The first-order valence-corrected chi connectivity index (χ1v) is 7.40. The highest BCUT2D eigenvalue weighted by Gasteiger charge is 2.21. The Bertz CT molecular complexity index is 919. The summed E-state index contributed by atoms with van der Waals surface area (Å²) in [5.74, 6) is -0.697. The molecule has 0 amide bonds. The third-order valence-electron chi connectivity index (χ3n) is 2.89. The normalized spacial score (nSPS) is 11.7. The molecule has 0 spiro atoms. The highest BCUT2D eigenvalue weighted by molar-refractivity contribution is 7.85. The smallest absolute Gasteiger partial charge is 0.365 e. The molecule has 1 aromatic heterocycles. The van der Waals surface area contributed by atoms with E-state index in [1.807, 2.05) is 0 Å². The average Bonchev–Trinajstić information content (AvgIpc) is 2.77. The molecule has 0 aliphatic carbocycles. The molecule has 0 aliphatic rings. The van der Waals surface area contributed by atoms with Gasteiger partial charge in [0.1, 0.15) is 11.6 Å². The summed E-state index contributed by atoms with van der Waals surface area (Å²) in [7, 11) is -4.21. The molecule has 3 aromatic rings. The van der Waals surface area contributed by atoms with E-state index in [1.54, 1.807) is 25.1 Å². The van der Waals surface area contributed by atoms with Crippen molar-refractivity contribution in [3.05, 3.63) is 60.0 Å². The second-order valence-electron chi connectivity index (χ2n) is 4.37. The lowest BCUT2D eigenvalue weighted by Gasteiger charge is -2.07. The molecular weight excluding hydrogens is 295 g/mol. The molecule has 1 radical (unpaired) electrons. The van der Waals surface area contributed by atoms with Crippen LogP contribution in [0.25, 0.3) is 10.9 Å². The number of fused-ring (bicyclic) bond motifs is 1. The van der Waals surface area contributed by atoms with Crippen molar-refractivity contribution in [2.24, 2.45) is 0 Å². The molecule has 0 N–H and O–H groups in total. The first-order chi connectivity index (χ1) is 9.97. The summed E-state index contributed by atoms with van der Waals surface area (Å²) in [5.41, 5.74) is 0.913. The summed E-state index contributed by atoms with van der Waals surface area (Å²) in [6.07, 6.45) is 0. The van der Waals surface area contributed by atoms with E-state index in [0.29, 0.717) is 16.6 Å². The third kappa shape index (κ3) is 2.47. The molecule has 21 heavy (non-hydrogen) atoms. The SMILES string of the molecule is Cc1nn(S(=O)(=O)Oc2cccc(F)c2)c2cc[c]cc12. The summed E-state index contributed by atoms with van der Waals surface area (Å²) < 4.78 is 43.4. The van der Waals surface area contributed by atoms with Crippen LogP contribution in [0.3, 0.4) is 0 Å². The number of rotatable bonds is 3. The quantitative estimate of drug-likeness (QED) is 0.746. The van der Waals surface area contributed by atoms with Crippen molar-refractivity contribution in [2.75, 3.05) is 0 Å². The maximum atomic E-state index is 13.1. The van der Waals surface area contributed by atoms with E-state index in [0.717, 1.165) is 10.2 Å². The Morgan fingerprint density at radius 1 is 1.33 bits per heavy atom. The maximum absolute atomic E-state index is 13.1. The number of hydrogen-bond acceptors (Lipinski definition) is 4. The third-order valence-corrected chi connectivity index (χ3v) is 3.99. The molecule has 2 aromatic carbocycles. The lowest BCUT2D eigenvalue weighted by Crippen LogP contribution is -2.20. The lowest BCUT2D eigenvalue weighted by atomic mass is 10.2. The van der Waals surface area contributed by atoms with Gasteiger partial charge in [-0.1, -0.05) is 12.1 Å². The van der Waals surface area contributed by atoms with Crippen molar-refractivity contribution >= 4 is 21.2 Å². The Balaban J connectivity index is 2.09. The van der Waals surface area contributed by atoms with Crippen molar-refractivity contribution in [3.63, 3.8) is 0 Å². The number of aromatic nitrogens is 2. The zero-order valence-corrected chi connectivity index (χ0v) is 11.8. The molecule has 0 saturated heterocycles. The zero-order chi connectivity index (χ0) is 15.0. The molecule has 107 valence electrons. The van der Waals surface area contributed by atoms with E-state index >= 15 is 0 Å². The average molecular weight is 305 g/mol. The number of hydrogen-bond donors (Lipinski definition) is 0. The van der Waals surface area contributed by atoms with E-state index in [4.69, 9.17) is 4.18 Å². The largest absolute Gasteiger partial charge is 0.429 e. The van der Waals surface area contributed by atoms with E-state index in [9.17, 15) is 12.8 Å². The van der Waals surface area contributed by atoms with Crippen LogP contribution in [0.2, 0.25) is 0 Å². The Hall–Kier alpha value is -2.41. The van der Waals surface area contributed by atoms with Gasteiger partial charge in [0, 0.05) is 11.5 Å². The van der Waals surface area contributed by atoms with Crippen LogP contribution in [0.4, 0.5) is 4.39 Å². The van der Waals surface area contributed by atoms with Gasteiger partial charge in [-0.15, -0.1) is 4.09 Å². The van der Waals surface area contributed by atoms with Crippen molar-refractivity contribution < 1.29 is 17.0 Å². The fraction of sp³-hybridized carbons (Fsp3) is 0.0714. The van der Waals surface area contributed by atoms with Gasteiger partial charge in [-0.05, 0) is 37.3 Å². The highest BCUT2D eigenvalue weighted by Crippen LogP contribution is 2.21. The lowest BCUT2D eigenvalue weighted by molar-refractivity contribution is 0.468. The first kappa shape index (κ1) is 13.6. The number of halogens is 1. The summed E-state index contributed by atoms with van der Waals surface area (Å²) in [6, 6.07) is 12.6.